The molecule has 0 aromatic carbocycles. The smallest absolute Gasteiger partial charge is 0.330 e. The summed E-state index contributed by atoms with van der Waals surface area (Å²) >= 11 is 0.948. The number of nitrogens with two attached hydrogens (primary N) is 1. The van der Waals surface area contributed by atoms with Gasteiger partial charge in [-0.1, -0.05) is 11.3 Å². The second-order valence-corrected chi connectivity index (χ2v) is 6.98. The Kier molecular flexibility index (Phi) is 3.72. The van der Waals surface area contributed by atoms with E-state index in [-0.39, 0.29) is 18.0 Å². The largest absolute Gasteiger partial charge is 0.418 e. The van der Waals surface area contributed by atoms with Crippen LogP contribution in [0.2, 0.25) is 0 Å². The molecule has 1 unspecified atom stereocenters. The number of hydrogen-bond acceptors (Lipinski definition) is 7. The van der Waals surface area contributed by atoms with E-state index in [4.69, 9.17) is 10.3 Å². The van der Waals surface area contributed by atoms with Crippen molar-refractivity contribution in [3.63, 3.8) is 0 Å². The van der Waals surface area contributed by atoms with E-state index in [0.717, 1.165) is 11.3 Å². The van der Waals surface area contributed by atoms with Crippen LogP contribution in [0.5, 0.6) is 0 Å². The van der Waals surface area contributed by atoms with Crippen LogP contribution in [0.25, 0.3) is 0 Å². The Balaban J connectivity index is 1.99. The average Bonchev–Trinajstić information content (AvgIpc) is 2.86. The molecule has 0 aliphatic carbocycles. The summed E-state index contributed by atoms with van der Waals surface area (Å²) in [5, 5.41) is 0.602. The Hall–Kier alpha value is -1.47. The lowest BCUT2D eigenvalue weighted by molar-refractivity contribution is -0.0308. The summed E-state index contributed by atoms with van der Waals surface area (Å²) < 4.78 is 36.5. The first kappa shape index (κ1) is 15.4. The van der Waals surface area contributed by atoms with Gasteiger partial charge in [0.15, 0.2) is 0 Å². The van der Waals surface area contributed by atoms with Gasteiger partial charge in [0.25, 0.3) is 0 Å². The van der Waals surface area contributed by atoms with Crippen LogP contribution in [0.1, 0.15) is 23.0 Å². The van der Waals surface area contributed by atoms with Crippen molar-refractivity contribution in [1.29, 1.82) is 0 Å². The summed E-state index contributed by atoms with van der Waals surface area (Å²) in [6.07, 6.45) is 0.618. The number of carbonyl (C=O) groups is 1. The van der Waals surface area contributed by atoms with E-state index in [1.165, 1.54) is 4.90 Å². The molecule has 12 heteroatoms. The number of amides is 2. The van der Waals surface area contributed by atoms with Crippen molar-refractivity contribution in [3.8, 4) is 0 Å². The minimum Gasteiger partial charge on any atom is -0.330 e. The fraction of sp³-hybridized carbons (Fsp3) is 0.600. The highest BCUT2D eigenvalue weighted by molar-refractivity contribution is 7.80. The van der Waals surface area contributed by atoms with Gasteiger partial charge in [-0.15, -0.1) is 4.28 Å². The predicted molar refractivity (Wildman–Crippen MR) is 75.3 cm³/mol. The van der Waals surface area contributed by atoms with Gasteiger partial charge in [0.2, 0.25) is 0 Å². The lowest BCUT2D eigenvalue weighted by Crippen LogP contribution is -2.33. The molecule has 3 N–H and O–H groups in total. The molecule has 1 atom stereocenters. The van der Waals surface area contributed by atoms with E-state index in [2.05, 4.69) is 4.28 Å². The molecule has 0 radical (unpaired) electrons. The third kappa shape index (κ3) is 2.52. The summed E-state index contributed by atoms with van der Waals surface area (Å²) in [7, 11) is -4.82. The number of thiazole rings is 1. The lowest BCUT2D eigenvalue weighted by atomic mass is 10.1. The van der Waals surface area contributed by atoms with Crippen LogP contribution in [-0.4, -0.2) is 46.6 Å². The normalized spacial score (nSPS) is 20.6. The minimum absolute atomic E-state index is 0.188. The first-order valence-corrected chi connectivity index (χ1v) is 8.67. The number of hydroxylamine groups is 2. The second-order valence-electron chi connectivity index (χ2n) is 4.98. The Labute approximate surface area is 129 Å². The summed E-state index contributed by atoms with van der Waals surface area (Å²) in [5.74, 6) is 0. The van der Waals surface area contributed by atoms with Crippen LogP contribution in [0.4, 0.5) is 4.79 Å². The van der Waals surface area contributed by atoms with Crippen LogP contribution in [0.3, 0.4) is 0 Å². The van der Waals surface area contributed by atoms with E-state index >= 15 is 0 Å². The summed E-state index contributed by atoms with van der Waals surface area (Å²) in [6.45, 7) is 1.27. The Morgan fingerprint density at radius 3 is 2.77 bits per heavy atom. The molecule has 122 valence electrons. The van der Waals surface area contributed by atoms with Crippen molar-refractivity contribution in [2.24, 2.45) is 5.73 Å². The number of rotatable bonds is 5. The molecule has 1 fully saturated rings. The van der Waals surface area contributed by atoms with E-state index in [1.54, 1.807) is 4.57 Å². The van der Waals surface area contributed by atoms with Gasteiger partial charge in [0.1, 0.15) is 6.04 Å². The molecule has 1 saturated heterocycles. The molecule has 3 rings (SSSR count). The number of fused-ring (bicyclic) bond motifs is 4. The number of carbonyl (C=O) groups excluding carboxylic acids is 1. The molecule has 0 saturated carbocycles. The fourth-order valence-electron chi connectivity index (χ4n) is 2.67. The molecule has 2 aliphatic heterocycles. The van der Waals surface area contributed by atoms with Gasteiger partial charge in [-0.25, -0.2) is 4.79 Å². The monoisotopic (exact) mass is 350 g/mol. The molecule has 1 aromatic heterocycles. The van der Waals surface area contributed by atoms with Crippen LogP contribution < -0.4 is 10.6 Å². The quantitative estimate of drug-likeness (QED) is 0.669. The maximum Gasteiger partial charge on any atom is 0.418 e. The highest BCUT2D eigenvalue weighted by Gasteiger charge is 2.48. The van der Waals surface area contributed by atoms with Crippen LogP contribution in [-0.2, 0) is 27.8 Å². The summed E-state index contributed by atoms with van der Waals surface area (Å²) in [4.78, 5) is 25.9. The Morgan fingerprint density at radius 1 is 1.41 bits per heavy atom. The Morgan fingerprint density at radius 2 is 2.14 bits per heavy atom. The SMILES string of the molecule is NCCCn1c2c(sc1=O)C1CN(C2)C(=O)N1OS(=O)(=O)O. The molecule has 10 nitrogen and oxygen atoms in total. The lowest BCUT2D eigenvalue weighted by Gasteiger charge is -2.22. The van der Waals surface area contributed by atoms with Gasteiger partial charge in [0, 0.05) is 6.54 Å². The zero-order valence-electron chi connectivity index (χ0n) is 11.3. The van der Waals surface area contributed by atoms with Gasteiger partial charge in [-0.2, -0.15) is 13.5 Å². The maximum absolute atomic E-state index is 12.1. The molecule has 3 heterocycles. The molecule has 2 amide bonds. The van der Waals surface area contributed by atoms with E-state index in [1.807, 2.05) is 0 Å². The third-order valence-electron chi connectivity index (χ3n) is 3.57. The number of hydrogen-bond donors (Lipinski definition) is 2. The summed E-state index contributed by atoms with van der Waals surface area (Å²) in [5.41, 5.74) is 6.11. The van der Waals surface area contributed by atoms with Crippen molar-refractivity contribution in [1.82, 2.24) is 14.5 Å². The molecule has 0 spiro atoms. The molecule has 22 heavy (non-hydrogen) atoms. The van der Waals surface area contributed by atoms with Crippen molar-refractivity contribution >= 4 is 27.8 Å². The highest BCUT2D eigenvalue weighted by atomic mass is 32.3. The molecule has 2 aliphatic rings. The number of urea groups is 1. The third-order valence-corrected chi connectivity index (χ3v) is 5.04. The second kappa shape index (κ2) is 5.31. The Bertz CT molecular complexity index is 769. The average molecular weight is 350 g/mol. The fourth-order valence-corrected chi connectivity index (χ4v) is 4.14. The highest BCUT2D eigenvalue weighted by Crippen LogP contribution is 2.39. The molecule has 2 bridgehead atoms. The maximum atomic E-state index is 12.1. The van der Waals surface area contributed by atoms with Gasteiger partial charge < -0.3 is 15.2 Å². The van der Waals surface area contributed by atoms with Crippen LogP contribution >= 0.6 is 11.3 Å². The molecular formula is C10H14N4O6S2. The number of nitrogens with zero attached hydrogens (tertiary/aromatic N) is 3. The van der Waals surface area contributed by atoms with Gasteiger partial charge in [-0.3, -0.25) is 9.35 Å². The van der Waals surface area contributed by atoms with Gasteiger partial charge >= 0.3 is 21.3 Å². The van der Waals surface area contributed by atoms with Crippen molar-refractivity contribution in [3.05, 3.63) is 20.2 Å². The van der Waals surface area contributed by atoms with Crippen molar-refractivity contribution in [2.75, 3.05) is 13.1 Å². The van der Waals surface area contributed by atoms with E-state index < -0.39 is 22.5 Å². The molecular weight excluding hydrogens is 336 g/mol. The predicted octanol–water partition coefficient (Wildman–Crippen LogP) is -0.715. The van der Waals surface area contributed by atoms with Crippen molar-refractivity contribution in [2.45, 2.75) is 25.6 Å². The number of aromatic nitrogens is 1. The van der Waals surface area contributed by atoms with Gasteiger partial charge in [0.05, 0.1) is 23.7 Å². The standard InChI is InChI=1S/C10H14N4O6S2/c11-2-1-3-13-6-4-12-5-7(8(6)21-10(13)16)14(9(12)15)20-22(17,18)19/h7H,1-5,11H2,(H,17,18,19). The van der Waals surface area contributed by atoms with E-state index in [9.17, 15) is 18.0 Å². The van der Waals surface area contributed by atoms with Crippen LogP contribution in [0, 0.1) is 0 Å². The topological polar surface area (TPSA) is 135 Å². The minimum atomic E-state index is -4.82. The van der Waals surface area contributed by atoms with Crippen molar-refractivity contribution < 1.29 is 22.0 Å². The van der Waals surface area contributed by atoms with Crippen LogP contribution in [0.15, 0.2) is 4.79 Å². The first-order chi connectivity index (χ1) is 10.3. The molecule has 1 aromatic rings. The van der Waals surface area contributed by atoms with E-state index in [0.29, 0.717) is 35.1 Å². The zero-order valence-corrected chi connectivity index (χ0v) is 13.0. The first-order valence-electron chi connectivity index (χ1n) is 6.49. The summed E-state index contributed by atoms with van der Waals surface area (Å²) in [6, 6.07) is -1.39. The zero-order chi connectivity index (χ0) is 16.1. The van der Waals surface area contributed by atoms with Gasteiger partial charge in [-0.05, 0) is 13.0 Å².